The summed E-state index contributed by atoms with van der Waals surface area (Å²) in [6.45, 7) is 8.41. The molecule has 0 saturated carbocycles. The van der Waals surface area contributed by atoms with Crippen LogP contribution in [0.15, 0.2) is 28.8 Å². The Morgan fingerprint density at radius 3 is 2.79 bits per heavy atom. The van der Waals surface area contributed by atoms with Crippen LogP contribution in [0, 0.1) is 5.92 Å². The zero-order chi connectivity index (χ0) is 16.9. The molecule has 1 aliphatic rings. The molecule has 1 N–H and O–H groups in total. The van der Waals surface area contributed by atoms with E-state index in [-0.39, 0.29) is 12.3 Å². The third kappa shape index (κ3) is 3.94. The van der Waals surface area contributed by atoms with Gasteiger partial charge in [-0.05, 0) is 18.1 Å². The highest BCUT2D eigenvalue weighted by Gasteiger charge is 2.24. The van der Waals surface area contributed by atoms with Crippen LogP contribution in [0.1, 0.15) is 19.5 Å². The number of para-hydroxylation sites is 1. The Labute approximate surface area is 142 Å². The van der Waals surface area contributed by atoms with Gasteiger partial charge >= 0.3 is 0 Å². The summed E-state index contributed by atoms with van der Waals surface area (Å²) in [7, 11) is 0. The Kier molecular flexibility index (Phi) is 5.48. The number of carbonyl (C=O) groups excluding carboxylic acids is 1. The van der Waals surface area contributed by atoms with Crippen molar-refractivity contribution in [2.45, 2.75) is 26.3 Å². The van der Waals surface area contributed by atoms with Crippen LogP contribution in [0.4, 0.5) is 0 Å². The van der Waals surface area contributed by atoms with E-state index in [1.807, 2.05) is 24.3 Å². The molecule has 24 heavy (non-hydrogen) atoms. The van der Waals surface area contributed by atoms with Crippen molar-refractivity contribution in [3.8, 4) is 0 Å². The van der Waals surface area contributed by atoms with Crippen LogP contribution >= 0.6 is 0 Å². The van der Waals surface area contributed by atoms with E-state index < -0.39 is 0 Å². The van der Waals surface area contributed by atoms with Crippen LogP contribution in [0.3, 0.4) is 0 Å². The van der Waals surface area contributed by atoms with Crippen LogP contribution in [-0.2, 0) is 16.0 Å². The Balaban J connectivity index is 1.57. The van der Waals surface area contributed by atoms with E-state index >= 15 is 0 Å². The molecule has 6 nitrogen and oxygen atoms in total. The molecule has 1 amide bonds. The average Bonchev–Trinajstić information content (AvgIpc) is 2.99. The van der Waals surface area contributed by atoms with Crippen molar-refractivity contribution in [3.63, 3.8) is 0 Å². The molecule has 0 radical (unpaired) electrons. The smallest absolute Gasteiger partial charge is 0.226 e. The molecule has 2 aromatic rings. The summed E-state index contributed by atoms with van der Waals surface area (Å²) in [6, 6.07) is 7.93. The summed E-state index contributed by atoms with van der Waals surface area (Å²) in [4.78, 5) is 14.7. The summed E-state index contributed by atoms with van der Waals surface area (Å²) in [5, 5.41) is 7.99. The van der Waals surface area contributed by atoms with Crippen LogP contribution in [-0.4, -0.2) is 54.9 Å². The molecular formula is C18H25N3O3. The van der Waals surface area contributed by atoms with Crippen LogP contribution in [0.2, 0.25) is 0 Å². The molecule has 1 aliphatic heterocycles. The van der Waals surface area contributed by atoms with Crippen molar-refractivity contribution in [1.29, 1.82) is 0 Å². The van der Waals surface area contributed by atoms with Crippen molar-refractivity contribution in [3.05, 3.63) is 30.0 Å². The lowest BCUT2D eigenvalue weighted by Gasteiger charge is -2.36. The van der Waals surface area contributed by atoms with E-state index in [1.165, 1.54) is 0 Å². The van der Waals surface area contributed by atoms with E-state index in [0.717, 1.165) is 31.7 Å². The Morgan fingerprint density at radius 2 is 2.04 bits per heavy atom. The van der Waals surface area contributed by atoms with Gasteiger partial charge in [0.1, 0.15) is 5.69 Å². The highest BCUT2D eigenvalue weighted by Crippen LogP contribution is 2.18. The summed E-state index contributed by atoms with van der Waals surface area (Å²) in [6.07, 6.45) is 0.241. The topological polar surface area (TPSA) is 67.6 Å². The molecule has 0 unspecified atom stereocenters. The molecular weight excluding hydrogens is 306 g/mol. The number of nitrogens with zero attached hydrogens (tertiary/aromatic N) is 2. The van der Waals surface area contributed by atoms with Crippen molar-refractivity contribution >= 4 is 16.9 Å². The number of rotatable bonds is 6. The largest absolute Gasteiger partial charge is 0.379 e. The lowest BCUT2D eigenvalue weighted by atomic mass is 10.0. The van der Waals surface area contributed by atoms with Crippen LogP contribution < -0.4 is 5.32 Å². The monoisotopic (exact) mass is 331 g/mol. The van der Waals surface area contributed by atoms with Gasteiger partial charge in [-0.3, -0.25) is 9.69 Å². The first-order valence-corrected chi connectivity index (χ1v) is 8.57. The first-order valence-electron chi connectivity index (χ1n) is 8.57. The van der Waals surface area contributed by atoms with Crippen molar-refractivity contribution in [1.82, 2.24) is 15.4 Å². The van der Waals surface area contributed by atoms with Gasteiger partial charge < -0.3 is 14.6 Å². The molecule has 0 spiro atoms. The fourth-order valence-electron chi connectivity index (χ4n) is 3.19. The zero-order valence-corrected chi connectivity index (χ0v) is 14.3. The maximum atomic E-state index is 12.3. The summed E-state index contributed by atoms with van der Waals surface area (Å²) >= 11 is 0. The molecule has 1 fully saturated rings. The second kappa shape index (κ2) is 7.77. The summed E-state index contributed by atoms with van der Waals surface area (Å²) < 4.78 is 10.7. The fourth-order valence-corrected chi connectivity index (χ4v) is 3.19. The SMILES string of the molecule is CC(C)[C@H](CNC(=O)Cc1noc2ccccc12)N1CCOCC1. The van der Waals surface area contributed by atoms with Crippen LogP contribution in [0.5, 0.6) is 0 Å². The number of morpholine rings is 1. The fraction of sp³-hybridized carbons (Fsp3) is 0.556. The van der Waals surface area contributed by atoms with Crippen molar-refractivity contribution in [2.75, 3.05) is 32.8 Å². The van der Waals surface area contributed by atoms with Gasteiger partial charge in [0.15, 0.2) is 5.58 Å². The van der Waals surface area contributed by atoms with Gasteiger partial charge in [-0.15, -0.1) is 0 Å². The minimum absolute atomic E-state index is 0.0204. The molecule has 130 valence electrons. The highest BCUT2D eigenvalue weighted by molar-refractivity contribution is 5.86. The minimum atomic E-state index is -0.0204. The van der Waals surface area contributed by atoms with Gasteiger partial charge in [-0.2, -0.15) is 0 Å². The molecule has 6 heteroatoms. The Bertz CT molecular complexity index is 677. The molecule has 1 saturated heterocycles. The molecule has 2 heterocycles. The Morgan fingerprint density at radius 1 is 1.29 bits per heavy atom. The van der Waals surface area contributed by atoms with E-state index in [1.54, 1.807) is 0 Å². The van der Waals surface area contributed by atoms with Gasteiger partial charge in [0.2, 0.25) is 5.91 Å². The average molecular weight is 331 g/mol. The molecule has 3 rings (SSSR count). The number of aromatic nitrogens is 1. The first kappa shape index (κ1) is 16.9. The third-order valence-corrected chi connectivity index (χ3v) is 4.57. The van der Waals surface area contributed by atoms with Gasteiger partial charge in [-0.1, -0.05) is 31.1 Å². The normalized spacial score (nSPS) is 17.3. The predicted octanol–water partition coefficient (Wildman–Crippen LogP) is 1.84. The number of ether oxygens (including phenoxy) is 1. The quantitative estimate of drug-likeness (QED) is 0.875. The van der Waals surface area contributed by atoms with E-state index in [2.05, 4.69) is 29.2 Å². The number of hydrogen-bond donors (Lipinski definition) is 1. The van der Waals surface area contributed by atoms with Gasteiger partial charge in [0.25, 0.3) is 0 Å². The maximum Gasteiger partial charge on any atom is 0.226 e. The molecule has 1 atom stereocenters. The number of amides is 1. The molecule has 0 aliphatic carbocycles. The summed E-state index contributed by atoms with van der Waals surface area (Å²) in [5.41, 5.74) is 1.41. The van der Waals surface area contributed by atoms with E-state index in [4.69, 9.17) is 9.26 Å². The minimum Gasteiger partial charge on any atom is -0.379 e. The number of carbonyl (C=O) groups is 1. The second-order valence-corrected chi connectivity index (χ2v) is 6.57. The second-order valence-electron chi connectivity index (χ2n) is 6.57. The van der Waals surface area contributed by atoms with E-state index in [0.29, 0.717) is 29.8 Å². The molecule has 1 aromatic heterocycles. The highest BCUT2D eigenvalue weighted by atomic mass is 16.5. The standard InChI is InChI=1S/C18H25N3O3/c1-13(2)16(21-7-9-23-10-8-21)12-19-18(22)11-15-14-5-3-4-6-17(14)24-20-15/h3-6,13,16H,7-12H2,1-2H3,(H,19,22)/t16-/m0/s1. The van der Waals surface area contributed by atoms with Gasteiger partial charge in [0.05, 0.1) is 19.6 Å². The maximum absolute atomic E-state index is 12.3. The molecule has 1 aromatic carbocycles. The van der Waals surface area contributed by atoms with Crippen LogP contribution in [0.25, 0.3) is 11.0 Å². The lowest BCUT2D eigenvalue weighted by molar-refractivity contribution is -0.121. The van der Waals surface area contributed by atoms with Crippen molar-refractivity contribution in [2.24, 2.45) is 5.92 Å². The van der Waals surface area contributed by atoms with Crippen molar-refractivity contribution < 1.29 is 14.1 Å². The zero-order valence-electron chi connectivity index (χ0n) is 14.3. The van der Waals surface area contributed by atoms with E-state index in [9.17, 15) is 4.79 Å². The Hall–Kier alpha value is -1.92. The summed E-state index contributed by atoms with van der Waals surface area (Å²) in [5.74, 6) is 0.448. The van der Waals surface area contributed by atoms with Gasteiger partial charge in [-0.25, -0.2) is 0 Å². The predicted molar refractivity (Wildman–Crippen MR) is 91.7 cm³/mol. The number of fused-ring (bicyclic) bond motifs is 1. The number of hydrogen-bond acceptors (Lipinski definition) is 5. The molecule has 0 bridgehead atoms. The number of nitrogens with one attached hydrogen (secondary N) is 1. The lowest BCUT2D eigenvalue weighted by Crippen LogP contribution is -2.51. The third-order valence-electron chi connectivity index (χ3n) is 4.57. The van der Waals surface area contributed by atoms with Gasteiger partial charge in [0, 0.05) is 31.1 Å². The first-order chi connectivity index (χ1) is 11.6. The number of benzene rings is 1.